The monoisotopic (exact) mass is 264 g/mol. The van der Waals surface area contributed by atoms with Crippen molar-refractivity contribution in [3.8, 4) is 0 Å². The van der Waals surface area contributed by atoms with Gasteiger partial charge in [-0.2, -0.15) is 0 Å². The first-order valence-corrected chi connectivity index (χ1v) is 6.80. The third-order valence-electron chi connectivity index (χ3n) is 3.57. The quantitative estimate of drug-likeness (QED) is 0.836. The maximum absolute atomic E-state index is 5.98. The van der Waals surface area contributed by atoms with Gasteiger partial charge in [-0.25, -0.2) is 9.50 Å². The highest BCUT2D eigenvalue weighted by atomic mass is 35.5. The summed E-state index contributed by atoms with van der Waals surface area (Å²) in [6, 6.07) is 4.57. The number of aromatic nitrogens is 3. The van der Waals surface area contributed by atoms with Crippen molar-refractivity contribution in [3.05, 3.63) is 29.2 Å². The molecule has 0 amide bonds. The van der Waals surface area contributed by atoms with E-state index in [2.05, 4.69) is 28.8 Å². The van der Waals surface area contributed by atoms with Gasteiger partial charge in [0.1, 0.15) is 0 Å². The fourth-order valence-corrected chi connectivity index (χ4v) is 2.85. The first-order valence-electron chi connectivity index (χ1n) is 6.43. The van der Waals surface area contributed by atoms with Crippen molar-refractivity contribution >= 4 is 17.2 Å². The Hall–Kier alpha value is -1.13. The average molecular weight is 265 g/mol. The van der Waals surface area contributed by atoms with Crippen LogP contribution in [-0.2, 0) is 0 Å². The Morgan fingerprint density at radius 1 is 1.44 bits per heavy atom. The number of hydrogen-bond donors (Lipinski definition) is 0. The molecule has 0 aromatic carbocycles. The molecule has 0 N–H and O–H groups in total. The lowest BCUT2D eigenvalue weighted by Crippen LogP contribution is -2.30. The summed E-state index contributed by atoms with van der Waals surface area (Å²) in [5.41, 5.74) is 0.827. The molecule has 18 heavy (non-hydrogen) atoms. The minimum absolute atomic E-state index is 0.351. The number of nitrogens with zero attached hydrogens (tertiary/aromatic N) is 4. The van der Waals surface area contributed by atoms with Crippen LogP contribution < -0.4 is 0 Å². The van der Waals surface area contributed by atoms with Gasteiger partial charge in [0.25, 0.3) is 0 Å². The Labute approximate surface area is 112 Å². The van der Waals surface area contributed by atoms with Gasteiger partial charge in [-0.15, -0.1) is 5.10 Å². The molecule has 5 heteroatoms. The van der Waals surface area contributed by atoms with Gasteiger partial charge in [-0.3, -0.25) is 4.90 Å². The zero-order valence-electron chi connectivity index (χ0n) is 10.7. The molecule has 3 rings (SSSR count). The minimum atomic E-state index is 0.351. The molecule has 0 radical (unpaired) electrons. The van der Waals surface area contributed by atoms with Gasteiger partial charge in [0.05, 0.1) is 6.04 Å². The van der Waals surface area contributed by atoms with Crippen LogP contribution in [0.1, 0.15) is 38.6 Å². The van der Waals surface area contributed by atoms with Gasteiger partial charge in [-0.1, -0.05) is 11.6 Å². The second-order valence-electron chi connectivity index (χ2n) is 5.11. The van der Waals surface area contributed by atoms with Crippen molar-refractivity contribution in [3.63, 3.8) is 0 Å². The van der Waals surface area contributed by atoms with Gasteiger partial charge >= 0.3 is 0 Å². The molecule has 1 aliphatic heterocycles. The van der Waals surface area contributed by atoms with E-state index in [-0.39, 0.29) is 0 Å². The van der Waals surface area contributed by atoms with Crippen LogP contribution in [0, 0.1) is 0 Å². The zero-order chi connectivity index (χ0) is 12.7. The lowest BCUT2D eigenvalue weighted by molar-refractivity contribution is 0.199. The molecule has 4 nitrogen and oxygen atoms in total. The van der Waals surface area contributed by atoms with Crippen molar-refractivity contribution in [2.45, 2.75) is 38.8 Å². The second kappa shape index (κ2) is 4.52. The highest BCUT2D eigenvalue weighted by Crippen LogP contribution is 2.31. The summed E-state index contributed by atoms with van der Waals surface area (Å²) < 4.78 is 1.80. The molecule has 2 aromatic rings. The van der Waals surface area contributed by atoms with Crippen LogP contribution in [-0.4, -0.2) is 32.1 Å². The number of rotatable bonds is 2. The Balaban J connectivity index is 1.98. The molecule has 0 aliphatic carbocycles. The van der Waals surface area contributed by atoms with Crippen molar-refractivity contribution in [2.75, 3.05) is 6.54 Å². The number of halogens is 1. The summed E-state index contributed by atoms with van der Waals surface area (Å²) in [6.45, 7) is 5.59. The largest absolute Gasteiger partial charge is 0.291 e. The van der Waals surface area contributed by atoms with Crippen molar-refractivity contribution < 1.29 is 0 Å². The second-order valence-corrected chi connectivity index (χ2v) is 5.54. The highest BCUT2D eigenvalue weighted by molar-refractivity contribution is 6.30. The van der Waals surface area contributed by atoms with Crippen LogP contribution in [0.2, 0.25) is 5.02 Å². The fraction of sp³-hybridized carbons (Fsp3) is 0.538. The van der Waals surface area contributed by atoms with Gasteiger partial charge in [0.15, 0.2) is 11.5 Å². The van der Waals surface area contributed by atoms with E-state index in [1.165, 1.54) is 6.42 Å². The van der Waals surface area contributed by atoms with E-state index in [1.807, 2.05) is 18.3 Å². The molecule has 1 atom stereocenters. The van der Waals surface area contributed by atoms with Crippen LogP contribution in [0.25, 0.3) is 5.65 Å². The summed E-state index contributed by atoms with van der Waals surface area (Å²) >= 11 is 5.98. The predicted octanol–water partition coefficient (Wildman–Crippen LogP) is 2.93. The minimum Gasteiger partial charge on any atom is -0.291 e. The maximum Gasteiger partial charge on any atom is 0.168 e. The first-order chi connectivity index (χ1) is 8.65. The zero-order valence-corrected chi connectivity index (χ0v) is 11.4. The Morgan fingerprint density at radius 3 is 3.06 bits per heavy atom. The van der Waals surface area contributed by atoms with E-state index in [0.29, 0.717) is 17.1 Å². The van der Waals surface area contributed by atoms with Crippen molar-refractivity contribution in [1.29, 1.82) is 0 Å². The van der Waals surface area contributed by atoms with Crippen molar-refractivity contribution in [2.24, 2.45) is 0 Å². The number of likely N-dealkylation sites (tertiary alicyclic amines) is 1. The van der Waals surface area contributed by atoms with E-state index in [4.69, 9.17) is 11.6 Å². The Morgan fingerprint density at radius 2 is 2.28 bits per heavy atom. The van der Waals surface area contributed by atoms with Crippen LogP contribution in [0.15, 0.2) is 18.3 Å². The van der Waals surface area contributed by atoms with Crippen molar-refractivity contribution in [1.82, 2.24) is 19.5 Å². The lowest BCUT2D eigenvalue weighted by Gasteiger charge is -2.25. The molecule has 2 aromatic heterocycles. The lowest BCUT2D eigenvalue weighted by atomic mass is 10.2. The van der Waals surface area contributed by atoms with Gasteiger partial charge in [-0.05, 0) is 39.3 Å². The molecule has 1 aliphatic rings. The van der Waals surface area contributed by atoms with E-state index < -0.39 is 0 Å². The average Bonchev–Trinajstić information content (AvgIpc) is 2.93. The molecule has 0 bridgehead atoms. The van der Waals surface area contributed by atoms with Gasteiger partial charge in [0, 0.05) is 23.3 Å². The van der Waals surface area contributed by atoms with E-state index >= 15 is 0 Å². The molecule has 1 fully saturated rings. The van der Waals surface area contributed by atoms with E-state index in [1.54, 1.807) is 4.52 Å². The molecule has 1 unspecified atom stereocenters. The number of pyridine rings is 1. The molecular weight excluding hydrogens is 248 g/mol. The number of fused-ring (bicyclic) bond motifs is 1. The maximum atomic E-state index is 5.98. The third-order valence-corrected chi connectivity index (χ3v) is 3.81. The molecule has 3 heterocycles. The highest BCUT2D eigenvalue weighted by Gasteiger charge is 2.30. The molecular formula is C13H17ClN4. The Bertz CT molecular complexity index is 563. The molecule has 0 saturated carbocycles. The summed E-state index contributed by atoms with van der Waals surface area (Å²) in [5.74, 6) is 0.920. The van der Waals surface area contributed by atoms with Gasteiger partial charge < -0.3 is 0 Å². The fourth-order valence-electron chi connectivity index (χ4n) is 2.70. The van der Waals surface area contributed by atoms with E-state index in [9.17, 15) is 0 Å². The van der Waals surface area contributed by atoms with Crippen LogP contribution in [0.3, 0.4) is 0 Å². The van der Waals surface area contributed by atoms with Crippen LogP contribution in [0.5, 0.6) is 0 Å². The summed E-state index contributed by atoms with van der Waals surface area (Å²) in [6.07, 6.45) is 4.23. The first kappa shape index (κ1) is 11.9. The standard InChI is InChI=1S/C13H17ClN4/c1-9(2)17-6-3-4-11(17)13-15-12-8-10(14)5-7-18(12)16-13/h5,7-9,11H,3-4,6H2,1-2H3. The molecule has 1 saturated heterocycles. The predicted molar refractivity (Wildman–Crippen MR) is 71.8 cm³/mol. The molecule has 96 valence electrons. The van der Waals surface area contributed by atoms with Crippen LogP contribution >= 0.6 is 11.6 Å². The summed E-state index contributed by atoms with van der Waals surface area (Å²) in [5, 5.41) is 5.28. The topological polar surface area (TPSA) is 33.4 Å². The van der Waals surface area contributed by atoms with E-state index in [0.717, 1.165) is 24.4 Å². The third kappa shape index (κ3) is 1.99. The SMILES string of the molecule is CC(C)N1CCCC1c1nc2cc(Cl)ccn2n1. The summed E-state index contributed by atoms with van der Waals surface area (Å²) in [7, 11) is 0. The summed E-state index contributed by atoms with van der Waals surface area (Å²) in [4.78, 5) is 7.08. The molecule has 0 spiro atoms. The van der Waals surface area contributed by atoms with Crippen LogP contribution in [0.4, 0.5) is 0 Å². The number of hydrogen-bond acceptors (Lipinski definition) is 3. The van der Waals surface area contributed by atoms with Gasteiger partial charge in [0.2, 0.25) is 0 Å². The smallest absolute Gasteiger partial charge is 0.168 e. The normalized spacial score (nSPS) is 21.2. The Kier molecular flexibility index (Phi) is 2.99.